The average Bonchev–Trinajstić information content (AvgIpc) is 2.38. The number of anilines is 1. The van der Waals surface area contributed by atoms with Gasteiger partial charge in [0, 0.05) is 18.5 Å². The smallest absolute Gasteiger partial charge is 0.294 e. The zero-order valence-corrected chi connectivity index (χ0v) is 8.42. The van der Waals surface area contributed by atoms with Crippen LogP contribution < -0.4 is 4.90 Å². The number of hydrogen-bond acceptors (Lipinski definition) is 2. The van der Waals surface area contributed by atoms with Gasteiger partial charge in [-0.15, -0.1) is 0 Å². The van der Waals surface area contributed by atoms with Crippen LogP contribution in [0.25, 0.3) is 0 Å². The molecule has 5 heteroatoms. The fourth-order valence-corrected chi connectivity index (χ4v) is 1.86. The van der Waals surface area contributed by atoms with E-state index in [9.17, 15) is 18.0 Å². The summed E-state index contributed by atoms with van der Waals surface area (Å²) in [6.07, 6.45) is -4.03. The third-order valence-electron chi connectivity index (χ3n) is 2.59. The number of benzene rings is 1. The molecule has 0 N–H and O–H groups in total. The fourth-order valence-electron chi connectivity index (χ4n) is 1.86. The van der Waals surface area contributed by atoms with Crippen LogP contribution in [0.2, 0.25) is 0 Å². The van der Waals surface area contributed by atoms with E-state index in [4.69, 9.17) is 0 Å². The minimum atomic E-state index is -4.43. The van der Waals surface area contributed by atoms with Crippen molar-refractivity contribution in [3.05, 3.63) is 29.8 Å². The molecule has 0 radical (unpaired) electrons. The zero-order chi connectivity index (χ0) is 11.8. The zero-order valence-electron chi connectivity index (χ0n) is 8.42. The Morgan fingerprint density at radius 2 is 1.88 bits per heavy atom. The number of halogens is 3. The summed E-state index contributed by atoms with van der Waals surface area (Å²) < 4.78 is 38.2. The second kappa shape index (κ2) is 3.81. The van der Waals surface area contributed by atoms with Crippen LogP contribution >= 0.6 is 0 Å². The van der Waals surface area contributed by atoms with Crippen LogP contribution in [-0.2, 0) is 0 Å². The lowest BCUT2D eigenvalue weighted by molar-refractivity contribution is -0.129. The molecule has 0 bridgehead atoms. The van der Waals surface area contributed by atoms with E-state index >= 15 is 0 Å². The molecule has 0 spiro atoms. The van der Waals surface area contributed by atoms with E-state index in [2.05, 4.69) is 0 Å². The Kier molecular flexibility index (Phi) is 2.61. The molecule has 0 amide bonds. The first kappa shape index (κ1) is 11.0. The predicted molar refractivity (Wildman–Crippen MR) is 53.4 cm³/mol. The van der Waals surface area contributed by atoms with Crippen LogP contribution in [0.3, 0.4) is 0 Å². The van der Waals surface area contributed by atoms with Gasteiger partial charge in [-0.05, 0) is 18.6 Å². The van der Waals surface area contributed by atoms with Crippen LogP contribution in [0.4, 0.5) is 18.9 Å². The van der Waals surface area contributed by atoms with Gasteiger partial charge in [0.05, 0.1) is 5.69 Å². The van der Waals surface area contributed by atoms with Crippen LogP contribution in [0.1, 0.15) is 23.2 Å². The molecule has 0 aliphatic carbocycles. The monoisotopic (exact) mass is 229 g/mol. The van der Waals surface area contributed by atoms with Gasteiger partial charge in [0.25, 0.3) is 0 Å². The van der Waals surface area contributed by atoms with Crippen LogP contribution in [0.5, 0.6) is 0 Å². The van der Waals surface area contributed by atoms with Crippen molar-refractivity contribution in [2.45, 2.75) is 19.1 Å². The highest BCUT2D eigenvalue weighted by atomic mass is 19.4. The van der Waals surface area contributed by atoms with Gasteiger partial charge < -0.3 is 0 Å². The maximum atomic E-state index is 12.7. The topological polar surface area (TPSA) is 20.3 Å². The number of carbonyl (C=O) groups excluding carboxylic acids is 1. The van der Waals surface area contributed by atoms with Gasteiger partial charge in [0.2, 0.25) is 0 Å². The number of hydrogen-bond donors (Lipinski definition) is 0. The summed E-state index contributed by atoms with van der Waals surface area (Å²) in [5, 5.41) is 0. The van der Waals surface area contributed by atoms with E-state index in [-0.39, 0.29) is 36.4 Å². The van der Waals surface area contributed by atoms with Gasteiger partial charge in [0.1, 0.15) is 0 Å². The fraction of sp³-hybridized carbons (Fsp3) is 0.364. The van der Waals surface area contributed by atoms with Gasteiger partial charge in [0.15, 0.2) is 5.78 Å². The minimum absolute atomic E-state index is 0.0301. The minimum Gasteiger partial charge on any atom is -0.294 e. The third kappa shape index (κ3) is 1.89. The van der Waals surface area contributed by atoms with Crippen molar-refractivity contribution in [2.75, 3.05) is 11.4 Å². The van der Waals surface area contributed by atoms with Crippen LogP contribution in [0.15, 0.2) is 24.3 Å². The SMILES string of the molecule is O=C1CCCN(C(F)(F)F)c2ccccc21. The number of alkyl halides is 3. The highest BCUT2D eigenvalue weighted by Gasteiger charge is 2.39. The van der Waals surface area contributed by atoms with Crippen LogP contribution in [0, 0.1) is 0 Å². The second-order valence-corrected chi connectivity index (χ2v) is 3.66. The van der Waals surface area contributed by atoms with E-state index in [1.54, 1.807) is 6.07 Å². The molecule has 0 saturated carbocycles. The van der Waals surface area contributed by atoms with Crippen molar-refractivity contribution < 1.29 is 18.0 Å². The first-order chi connectivity index (χ1) is 7.50. The molecule has 0 saturated heterocycles. The average molecular weight is 229 g/mol. The molecule has 2 rings (SSSR count). The molecule has 0 aromatic heterocycles. The molecular formula is C11H10F3NO. The predicted octanol–water partition coefficient (Wildman–Crippen LogP) is 2.99. The summed E-state index contributed by atoms with van der Waals surface area (Å²) in [6.45, 7) is -0.160. The molecule has 86 valence electrons. The molecule has 1 aromatic carbocycles. The molecular weight excluding hydrogens is 219 g/mol. The quantitative estimate of drug-likeness (QED) is 0.637. The molecule has 0 fully saturated rings. The van der Waals surface area contributed by atoms with Crippen molar-refractivity contribution in [1.82, 2.24) is 0 Å². The number of carbonyl (C=O) groups is 1. The highest BCUT2D eigenvalue weighted by Crippen LogP contribution is 2.34. The number of fused-ring (bicyclic) bond motifs is 1. The molecule has 1 aliphatic rings. The number of rotatable bonds is 0. The highest BCUT2D eigenvalue weighted by molar-refractivity contribution is 6.02. The largest absolute Gasteiger partial charge is 0.484 e. The molecule has 0 atom stereocenters. The summed E-state index contributed by atoms with van der Waals surface area (Å²) >= 11 is 0. The molecule has 1 aliphatic heterocycles. The third-order valence-corrected chi connectivity index (χ3v) is 2.59. The summed E-state index contributed by atoms with van der Waals surface area (Å²) in [7, 11) is 0. The second-order valence-electron chi connectivity index (χ2n) is 3.66. The van der Waals surface area contributed by atoms with Gasteiger partial charge >= 0.3 is 6.30 Å². The summed E-state index contributed by atoms with van der Waals surface area (Å²) in [5.74, 6) is -0.220. The first-order valence-electron chi connectivity index (χ1n) is 4.97. The van der Waals surface area contributed by atoms with Crippen LogP contribution in [-0.4, -0.2) is 18.6 Å². The number of Topliss-reactive ketones (excluding diaryl/α,β-unsaturated/α-hetero) is 1. The van der Waals surface area contributed by atoms with Gasteiger partial charge in [-0.25, -0.2) is 0 Å². The number of ketones is 1. The molecule has 0 unspecified atom stereocenters. The Balaban J connectivity index is 2.51. The van der Waals surface area contributed by atoms with E-state index in [0.717, 1.165) is 0 Å². The molecule has 1 heterocycles. The maximum absolute atomic E-state index is 12.7. The maximum Gasteiger partial charge on any atom is 0.484 e. The molecule has 16 heavy (non-hydrogen) atoms. The summed E-state index contributed by atoms with van der Waals surface area (Å²) in [5.41, 5.74) is 0.134. The Morgan fingerprint density at radius 3 is 2.56 bits per heavy atom. The lowest BCUT2D eigenvalue weighted by atomic mass is 10.1. The standard InChI is InChI=1S/C11H10F3NO/c12-11(13,14)15-7-3-6-10(16)8-4-1-2-5-9(8)15/h1-2,4-5H,3,6-7H2. The van der Waals surface area contributed by atoms with E-state index in [0.29, 0.717) is 4.90 Å². The van der Waals surface area contributed by atoms with E-state index in [1.165, 1.54) is 18.2 Å². The lowest BCUT2D eigenvalue weighted by Gasteiger charge is -2.26. The Morgan fingerprint density at radius 1 is 1.19 bits per heavy atom. The summed E-state index contributed by atoms with van der Waals surface area (Å²) in [4.78, 5) is 11.9. The van der Waals surface area contributed by atoms with Crippen molar-refractivity contribution in [3.8, 4) is 0 Å². The Bertz CT molecular complexity index is 414. The van der Waals surface area contributed by atoms with Gasteiger partial charge in [-0.2, -0.15) is 13.2 Å². The van der Waals surface area contributed by atoms with Crippen molar-refractivity contribution in [1.29, 1.82) is 0 Å². The number of para-hydroxylation sites is 1. The molecule has 2 nitrogen and oxygen atoms in total. The summed E-state index contributed by atoms with van der Waals surface area (Å²) in [6, 6.07) is 5.88. The Hall–Kier alpha value is -1.52. The van der Waals surface area contributed by atoms with Crippen molar-refractivity contribution in [2.24, 2.45) is 0 Å². The molecule has 1 aromatic rings. The van der Waals surface area contributed by atoms with E-state index < -0.39 is 6.30 Å². The van der Waals surface area contributed by atoms with Crippen molar-refractivity contribution >= 4 is 11.5 Å². The normalized spacial score (nSPS) is 16.9. The van der Waals surface area contributed by atoms with Crippen molar-refractivity contribution in [3.63, 3.8) is 0 Å². The Labute approximate surface area is 90.7 Å². The number of nitrogens with zero attached hydrogens (tertiary/aromatic N) is 1. The lowest BCUT2D eigenvalue weighted by Crippen LogP contribution is -2.38. The van der Waals surface area contributed by atoms with E-state index in [1.807, 2.05) is 0 Å². The van der Waals surface area contributed by atoms with Gasteiger partial charge in [-0.1, -0.05) is 12.1 Å². The first-order valence-corrected chi connectivity index (χ1v) is 4.97. The van der Waals surface area contributed by atoms with Gasteiger partial charge in [-0.3, -0.25) is 9.69 Å².